The molecule has 4 rings (SSSR count). The number of carbonyl (C=O) groups excluding carboxylic acids is 1. The molecular weight excluding hydrogens is 505 g/mol. The summed E-state index contributed by atoms with van der Waals surface area (Å²) in [6.45, 7) is 1.28. The van der Waals surface area contributed by atoms with Crippen LogP contribution in [0.2, 0.25) is 5.15 Å². The summed E-state index contributed by atoms with van der Waals surface area (Å²) in [6, 6.07) is 8.25. The van der Waals surface area contributed by atoms with Gasteiger partial charge < -0.3 is 40.8 Å². The summed E-state index contributed by atoms with van der Waals surface area (Å²) in [6.07, 6.45) is 3.79. The van der Waals surface area contributed by atoms with Crippen molar-refractivity contribution in [2.75, 3.05) is 11.5 Å². The molecule has 0 atom stereocenters. The van der Waals surface area contributed by atoms with E-state index in [1.807, 2.05) is 19.2 Å². The molecule has 3 aromatic rings. The third-order valence-corrected chi connectivity index (χ3v) is 5.70. The van der Waals surface area contributed by atoms with Gasteiger partial charge in [-0.15, -0.1) is 0 Å². The molecule has 10 heteroatoms. The third-order valence-electron chi connectivity index (χ3n) is 5.43. The summed E-state index contributed by atoms with van der Waals surface area (Å²) >= 11 is 5.89. The maximum Gasteiger partial charge on any atom is 0.276 e. The number of nitrogens with two attached hydrogens (primary N) is 2. The van der Waals surface area contributed by atoms with Gasteiger partial charge in [-0.25, -0.2) is 19.1 Å². The molecule has 5 N–H and O–H groups in total. The molecule has 0 spiro atoms. The van der Waals surface area contributed by atoms with Gasteiger partial charge in [0.1, 0.15) is 6.54 Å². The predicted octanol–water partition coefficient (Wildman–Crippen LogP) is -1.19. The maximum atomic E-state index is 12.6. The molecule has 8 nitrogen and oxygen atoms in total. The molecule has 29 heavy (non-hydrogen) atoms. The highest BCUT2D eigenvalue weighted by molar-refractivity contribution is 6.31. The fourth-order valence-corrected chi connectivity index (χ4v) is 3.76. The Labute approximate surface area is 190 Å². The summed E-state index contributed by atoms with van der Waals surface area (Å²) in [7, 11) is 2.01. The van der Waals surface area contributed by atoms with Crippen LogP contribution in [0.1, 0.15) is 35.6 Å². The molecule has 1 aliphatic rings. The highest BCUT2D eigenvalue weighted by atomic mass is 127. The Morgan fingerprint density at radius 2 is 2.00 bits per heavy atom. The highest BCUT2D eigenvalue weighted by Gasteiger charge is 2.28. The average Bonchev–Trinajstić information content (AvgIpc) is 2.91. The quantitative estimate of drug-likeness (QED) is 0.285. The number of fused-ring (bicyclic) bond motifs is 1. The van der Waals surface area contributed by atoms with Crippen LogP contribution < -0.4 is 45.3 Å². The van der Waals surface area contributed by atoms with E-state index in [0.717, 1.165) is 23.4 Å². The zero-order valence-corrected chi connectivity index (χ0v) is 18.9. The van der Waals surface area contributed by atoms with Crippen molar-refractivity contribution in [1.82, 2.24) is 19.9 Å². The Bertz CT molecular complexity index is 1060. The van der Waals surface area contributed by atoms with E-state index in [9.17, 15) is 4.79 Å². The second-order valence-electron chi connectivity index (χ2n) is 7.19. The minimum absolute atomic E-state index is 0. The van der Waals surface area contributed by atoms with Crippen LogP contribution in [0.3, 0.4) is 0 Å². The number of nitrogens with one attached hydrogen (secondary N) is 1. The Kier molecular flexibility index (Phi) is 6.47. The number of anilines is 2. The number of imidazole rings is 1. The van der Waals surface area contributed by atoms with Crippen LogP contribution in [0, 0.1) is 5.92 Å². The molecule has 154 valence electrons. The van der Waals surface area contributed by atoms with E-state index in [-0.39, 0.29) is 46.5 Å². The lowest BCUT2D eigenvalue weighted by Crippen LogP contribution is -3.00. The molecule has 0 aliphatic heterocycles. The van der Waals surface area contributed by atoms with E-state index >= 15 is 0 Å². The van der Waals surface area contributed by atoms with Crippen LogP contribution in [-0.2, 0) is 20.1 Å². The number of amides is 1. The normalized spacial score (nSPS) is 13.7. The molecule has 1 fully saturated rings. The van der Waals surface area contributed by atoms with Gasteiger partial charge in [-0.2, -0.15) is 0 Å². The van der Waals surface area contributed by atoms with Crippen LogP contribution >= 0.6 is 11.6 Å². The summed E-state index contributed by atoms with van der Waals surface area (Å²) in [5.74, 6) is 1.21. The number of aromatic nitrogens is 4. The zero-order valence-electron chi connectivity index (χ0n) is 16.0. The summed E-state index contributed by atoms with van der Waals surface area (Å²) < 4.78 is 4.41. The number of hydrogen-bond donors (Lipinski definition) is 3. The Balaban J connectivity index is 0.00000240. The lowest BCUT2D eigenvalue weighted by molar-refractivity contribution is -0.654. The van der Waals surface area contributed by atoms with Gasteiger partial charge in [0.25, 0.3) is 11.7 Å². The van der Waals surface area contributed by atoms with E-state index in [0.29, 0.717) is 12.5 Å². The number of benzene rings is 1. The Morgan fingerprint density at radius 1 is 1.28 bits per heavy atom. The number of nitrogens with zero attached hydrogens (tertiary/aromatic N) is 4. The van der Waals surface area contributed by atoms with Crippen molar-refractivity contribution in [3.8, 4) is 0 Å². The Morgan fingerprint density at radius 3 is 2.69 bits per heavy atom. The van der Waals surface area contributed by atoms with Crippen molar-refractivity contribution >= 4 is 40.2 Å². The van der Waals surface area contributed by atoms with Gasteiger partial charge in [0.05, 0.1) is 13.6 Å². The molecule has 1 saturated carbocycles. The fourth-order valence-electron chi connectivity index (χ4n) is 3.64. The van der Waals surface area contributed by atoms with E-state index in [1.165, 1.54) is 19.3 Å². The fraction of sp³-hybridized carbons (Fsp3) is 0.368. The first-order valence-electron chi connectivity index (χ1n) is 9.28. The number of para-hydroxylation sites is 2. The number of carbonyl (C=O) groups is 1. The molecule has 1 amide bonds. The highest BCUT2D eigenvalue weighted by Crippen LogP contribution is 2.29. The number of hydrogen-bond acceptors (Lipinski definition) is 5. The second kappa shape index (κ2) is 8.70. The molecule has 2 heterocycles. The topological polar surface area (TPSA) is 116 Å². The van der Waals surface area contributed by atoms with Crippen molar-refractivity contribution in [3.63, 3.8) is 0 Å². The van der Waals surface area contributed by atoms with Gasteiger partial charge in [0.2, 0.25) is 0 Å². The second-order valence-corrected chi connectivity index (χ2v) is 7.55. The summed E-state index contributed by atoms with van der Waals surface area (Å²) in [5, 5.41) is 2.85. The molecular formula is C19H23ClIN7O. The number of rotatable bonds is 5. The van der Waals surface area contributed by atoms with Crippen molar-refractivity contribution in [3.05, 3.63) is 40.9 Å². The first-order valence-corrected chi connectivity index (χ1v) is 9.66. The van der Waals surface area contributed by atoms with Crippen molar-refractivity contribution < 1.29 is 33.3 Å². The minimum atomic E-state index is -0.438. The Hall–Kier alpha value is -2.14. The van der Waals surface area contributed by atoms with Gasteiger partial charge in [0.15, 0.2) is 33.5 Å². The van der Waals surface area contributed by atoms with E-state index < -0.39 is 5.91 Å². The molecule has 0 saturated heterocycles. The number of nitrogen functional groups attached to an aromatic ring is 2. The number of aryl methyl sites for hydroxylation is 1. The van der Waals surface area contributed by atoms with E-state index in [4.69, 9.17) is 23.1 Å². The minimum Gasteiger partial charge on any atom is -1.00 e. The van der Waals surface area contributed by atoms with Crippen LogP contribution in [0.5, 0.6) is 0 Å². The van der Waals surface area contributed by atoms with Crippen molar-refractivity contribution in [2.45, 2.75) is 32.4 Å². The molecule has 0 radical (unpaired) electrons. The van der Waals surface area contributed by atoms with Gasteiger partial charge in [-0.1, -0.05) is 30.2 Å². The zero-order chi connectivity index (χ0) is 19.8. The standard InChI is InChI=1S/C19H22ClN7O.HI/c1-26-12-7-2-3-8-13(12)27(10-11-5-4-6-11)14(26)9-23-19(28)15-17(21)25-18(22)16(20)24-15;/h2-3,7-8,11H,4-6,9-10H2,1H3,(H4-,21,22,23,25,28);1H. The lowest BCUT2D eigenvalue weighted by atomic mass is 9.85. The van der Waals surface area contributed by atoms with E-state index in [2.05, 4.69) is 36.6 Å². The number of halogens is 2. The first-order chi connectivity index (χ1) is 13.5. The van der Waals surface area contributed by atoms with Crippen molar-refractivity contribution in [2.24, 2.45) is 13.0 Å². The predicted molar refractivity (Wildman–Crippen MR) is 107 cm³/mol. The molecule has 1 aliphatic carbocycles. The van der Waals surface area contributed by atoms with Gasteiger partial charge in [-0.05, 0) is 30.9 Å². The van der Waals surface area contributed by atoms with Gasteiger partial charge in [0, 0.05) is 0 Å². The average molecular weight is 528 g/mol. The van der Waals surface area contributed by atoms with Crippen LogP contribution in [0.4, 0.5) is 11.6 Å². The van der Waals surface area contributed by atoms with E-state index in [1.54, 1.807) is 0 Å². The first kappa shape index (κ1) is 21.6. The monoisotopic (exact) mass is 527 g/mol. The molecule has 0 unspecified atom stereocenters. The smallest absolute Gasteiger partial charge is 0.276 e. The van der Waals surface area contributed by atoms with Crippen LogP contribution in [-0.4, -0.2) is 20.4 Å². The lowest BCUT2D eigenvalue weighted by Gasteiger charge is -2.23. The summed E-state index contributed by atoms with van der Waals surface area (Å²) in [4.78, 5) is 20.5. The maximum absolute atomic E-state index is 12.6. The van der Waals surface area contributed by atoms with Gasteiger partial charge in [-0.3, -0.25) is 4.79 Å². The molecule has 1 aromatic carbocycles. The SMILES string of the molecule is C[n+]1c(CNC(=O)c2nc(Cl)c(N)nc2N)n(CC2CCC2)c2ccccc21.[I-]. The third kappa shape index (κ3) is 4.11. The van der Waals surface area contributed by atoms with Crippen LogP contribution in [0.15, 0.2) is 24.3 Å². The largest absolute Gasteiger partial charge is 1.00 e. The van der Waals surface area contributed by atoms with Crippen molar-refractivity contribution in [1.29, 1.82) is 0 Å². The van der Waals surface area contributed by atoms with Crippen LogP contribution in [0.25, 0.3) is 11.0 Å². The molecule has 2 aromatic heterocycles. The summed E-state index contributed by atoms with van der Waals surface area (Å²) in [5.41, 5.74) is 13.6. The molecule has 0 bridgehead atoms. The van der Waals surface area contributed by atoms with Gasteiger partial charge >= 0.3 is 0 Å².